The van der Waals surface area contributed by atoms with Gasteiger partial charge in [-0.2, -0.15) is 0 Å². The molecule has 0 aliphatic carbocycles. The number of aromatic nitrogens is 1. The Hall–Kier alpha value is -1.23. The molecule has 1 heterocycles. The second kappa shape index (κ2) is 4.74. The summed E-state index contributed by atoms with van der Waals surface area (Å²) >= 11 is 6.11. The molecule has 5 heteroatoms. The molecule has 0 atom stereocenters. The van der Waals surface area contributed by atoms with Crippen LogP contribution in [0, 0.1) is 0 Å². The van der Waals surface area contributed by atoms with Crippen molar-refractivity contribution in [2.75, 3.05) is 19.2 Å². The van der Waals surface area contributed by atoms with Gasteiger partial charge >= 0.3 is 0 Å². The Kier molecular flexibility index (Phi) is 3.33. The molecule has 0 amide bonds. The van der Waals surface area contributed by atoms with Crippen molar-refractivity contribution in [3.63, 3.8) is 0 Å². The molecule has 0 unspecified atom stereocenters. The van der Waals surface area contributed by atoms with Gasteiger partial charge in [-0.05, 0) is 18.2 Å². The molecule has 0 bridgehead atoms. The smallest absolute Gasteiger partial charge is 0.0661 e. The van der Waals surface area contributed by atoms with Gasteiger partial charge in [-0.3, -0.25) is 10.7 Å². The zero-order valence-electron chi connectivity index (χ0n) is 8.90. The molecule has 0 aliphatic heterocycles. The van der Waals surface area contributed by atoms with Crippen molar-refractivity contribution in [1.82, 2.24) is 4.57 Å². The number of nitrogens with one attached hydrogen (secondary N) is 1. The lowest BCUT2D eigenvalue weighted by molar-refractivity contribution is 0.188. The lowest BCUT2D eigenvalue weighted by Crippen LogP contribution is -2.02. The second-order valence-electron chi connectivity index (χ2n) is 3.51. The van der Waals surface area contributed by atoms with Gasteiger partial charge in [0.05, 0.1) is 22.8 Å². The van der Waals surface area contributed by atoms with E-state index >= 15 is 0 Å². The van der Waals surface area contributed by atoms with Gasteiger partial charge in [0.15, 0.2) is 0 Å². The maximum Gasteiger partial charge on any atom is 0.0661 e. The van der Waals surface area contributed by atoms with Gasteiger partial charge in [0, 0.05) is 25.2 Å². The van der Waals surface area contributed by atoms with Crippen molar-refractivity contribution >= 4 is 28.2 Å². The molecule has 86 valence electrons. The summed E-state index contributed by atoms with van der Waals surface area (Å²) in [5, 5.41) is 10.5. The average Bonchev–Trinajstić information content (AvgIpc) is 2.63. The highest BCUT2D eigenvalue weighted by Gasteiger charge is 2.07. The fourth-order valence-electron chi connectivity index (χ4n) is 1.69. The highest BCUT2D eigenvalue weighted by molar-refractivity contribution is 6.35. The van der Waals surface area contributed by atoms with Crippen molar-refractivity contribution in [2.45, 2.75) is 6.54 Å². The minimum Gasteiger partial charge on any atom is -0.383 e. The van der Waals surface area contributed by atoms with Crippen molar-refractivity contribution < 1.29 is 9.94 Å². The highest BCUT2D eigenvalue weighted by Crippen LogP contribution is 2.28. The van der Waals surface area contributed by atoms with Gasteiger partial charge in [0.2, 0.25) is 0 Å². The number of ether oxygens (including phenoxy) is 1. The summed E-state index contributed by atoms with van der Waals surface area (Å²) in [6.45, 7) is 1.35. The molecule has 2 rings (SSSR count). The van der Waals surface area contributed by atoms with Crippen molar-refractivity contribution in [2.24, 2.45) is 0 Å². The van der Waals surface area contributed by atoms with Crippen LogP contribution in [-0.2, 0) is 11.3 Å². The number of hydrogen-bond donors (Lipinski definition) is 2. The Labute approximate surface area is 98.3 Å². The zero-order valence-corrected chi connectivity index (χ0v) is 9.66. The molecule has 0 saturated heterocycles. The SMILES string of the molecule is COCCn1cc(Cl)c2ccc(NO)cc21. The predicted molar refractivity (Wildman–Crippen MR) is 64.2 cm³/mol. The second-order valence-corrected chi connectivity index (χ2v) is 3.91. The first kappa shape index (κ1) is 11.3. The molecule has 1 aromatic carbocycles. The number of methoxy groups -OCH3 is 1. The monoisotopic (exact) mass is 240 g/mol. The van der Waals surface area contributed by atoms with Gasteiger partial charge in [-0.25, -0.2) is 0 Å². The van der Waals surface area contributed by atoms with Gasteiger partial charge in [-0.1, -0.05) is 11.6 Å². The van der Waals surface area contributed by atoms with Crippen LogP contribution in [0.4, 0.5) is 5.69 Å². The molecule has 0 spiro atoms. The van der Waals surface area contributed by atoms with E-state index in [2.05, 4.69) is 5.48 Å². The third kappa shape index (κ3) is 2.00. The fraction of sp³-hybridized carbons (Fsp3) is 0.273. The van der Waals surface area contributed by atoms with Gasteiger partial charge in [0.25, 0.3) is 0 Å². The van der Waals surface area contributed by atoms with E-state index in [0.717, 1.165) is 17.4 Å². The lowest BCUT2D eigenvalue weighted by Gasteiger charge is -2.05. The van der Waals surface area contributed by atoms with Crippen LogP contribution < -0.4 is 5.48 Å². The molecule has 0 saturated carbocycles. The predicted octanol–water partition coefficient (Wildman–Crippen LogP) is 2.74. The quantitative estimate of drug-likeness (QED) is 0.808. The molecule has 0 aliphatic rings. The standard InChI is InChI=1S/C11H13ClN2O2/c1-16-5-4-14-7-10(12)9-3-2-8(13-15)6-11(9)14/h2-3,6-7,13,15H,4-5H2,1H3. The van der Waals surface area contributed by atoms with Crippen LogP contribution in [0.5, 0.6) is 0 Å². The minimum atomic E-state index is 0.622. The van der Waals surface area contributed by atoms with Crippen LogP contribution in [0.1, 0.15) is 0 Å². The summed E-state index contributed by atoms with van der Waals surface area (Å²) in [6.07, 6.45) is 1.87. The Morgan fingerprint density at radius 3 is 3.00 bits per heavy atom. The summed E-state index contributed by atoms with van der Waals surface area (Å²) in [6, 6.07) is 5.49. The van der Waals surface area contributed by atoms with E-state index in [1.54, 1.807) is 13.2 Å². The molecule has 0 radical (unpaired) electrons. The minimum absolute atomic E-state index is 0.622. The van der Waals surface area contributed by atoms with Gasteiger partial charge < -0.3 is 9.30 Å². The molecular weight excluding hydrogens is 228 g/mol. The first-order valence-electron chi connectivity index (χ1n) is 4.93. The van der Waals surface area contributed by atoms with Crippen LogP contribution in [-0.4, -0.2) is 23.5 Å². The highest BCUT2D eigenvalue weighted by atomic mass is 35.5. The zero-order chi connectivity index (χ0) is 11.5. The van der Waals surface area contributed by atoms with E-state index in [1.807, 2.05) is 22.9 Å². The summed E-state index contributed by atoms with van der Waals surface area (Å²) in [7, 11) is 1.66. The number of rotatable bonds is 4. The summed E-state index contributed by atoms with van der Waals surface area (Å²) in [4.78, 5) is 0. The van der Waals surface area contributed by atoms with Crippen molar-refractivity contribution in [1.29, 1.82) is 0 Å². The summed E-state index contributed by atoms with van der Waals surface area (Å²) in [5.74, 6) is 0. The molecule has 1 aromatic heterocycles. The number of fused-ring (bicyclic) bond motifs is 1. The van der Waals surface area contributed by atoms with E-state index in [9.17, 15) is 0 Å². The van der Waals surface area contributed by atoms with E-state index in [4.69, 9.17) is 21.5 Å². The first-order valence-corrected chi connectivity index (χ1v) is 5.31. The van der Waals surface area contributed by atoms with Crippen LogP contribution in [0.25, 0.3) is 10.9 Å². The van der Waals surface area contributed by atoms with Crippen molar-refractivity contribution in [3.8, 4) is 0 Å². The molecule has 2 N–H and O–H groups in total. The number of anilines is 1. The van der Waals surface area contributed by atoms with E-state index < -0.39 is 0 Å². The Morgan fingerprint density at radius 1 is 1.50 bits per heavy atom. The van der Waals surface area contributed by atoms with Crippen LogP contribution >= 0.6 is 11.6 Å². The fourth-order valence-corrected chi connectivity index (χ4v) is 1.97. The van der Waals surface area contributed by atoms with Crippen molar-refractivity contribution in [3.05, 3.63) is 29.4 Å². The number of halogens is 1. The maximum absolute atomic E-state index is 8.85. The number of nitrogens with zero attached hydrogens (tertiary/aromatic N) is 1. The largest absolute Gasteiger partial charge is 0.383 e. The Bertz CT molecular complexity index is 496. The number of benzene rings is 1. The molecule has 4 nitrogen and oxygen atoms in total. The Morgan fingerprint density at radius 2 is 2.31 bits per heavy atom. The van der Waals surface area contributed by atoms with E-state index in [-0.39, 0.29) is 0 Å². The topological polar surface area (TPSA) is 46.4 Å². The van der Waals surface area contributed by atoms with Gasteiger partial charge in [-0.15, -0.1) is 0 Å². The van der Waals surface area contributed by atoms with Crippen LogP contribution in [0.3, 0.4) is 0 Å². The summed E-state index contributed by atoms with van der Waals surface area (Å²) in [5.41, 5.74) is 3.74. The molecule has 2 aromatic rings. The van der Waals surface area contributed by atoms with Crippen LogP contribution in [0.15, 0.2) is 24.4 Å². The van der Waals surface area contributed by atoms with E-state index in [1.165, 1.54) is 0 Å². The summed E-state index contributed by atoms with van der Waals surface area (Å²) < 4.78 is 7.03. The number of hydrogen-bond acceptors (Lipinski definition) is 3. The maximum atomic E-state index is 8.85. The third-order valence-corrected chi connectivity index (χ3v) is 2.80. The van der Waals surface area contributed by atoms with Gasteiger partial charge in [0.1, 0.15) is 0 Å². The molecule has 16 heavy (non-hydrogen) atoms. The third-order valence-electron chi connectivity index (χ3n) is 2.50. The average molecular weight is 241 g/mol. The normalized spacial score (nSPS) is 10.9. The Balaban J connectivity index is 2.47. The molecular formula is C11H13ClN2O2. The molecule has 0 fully saturated rings. The van der Waals surface area contributed by atoms with E-state index in [0.29, 0.717) is 17.3 Å². The van der Waals surface area contributed by atoms with Crippen LogP contribution in [0.2, 0.25) is 5.02 Å². The lowest BCUT2D eigenvalue weighted by atomic mass is 10.2. The first-order chi connectivity index (χ1) is 7.76.